The van der Waals surface area contributed by atoms with Crippen molar-refractivity contribution in [3.63, 3.8) is 0 Å². The van der Waals surface area contributed by atoms with Gasteiger partial charge in [-0.1, -0.05) is 60.7 Å². The molecule has 0 N–H and O–H groups in total. The van der Waals surface area contributed by atoms with Crippen LogP contribution in [-0.4, -0.2) is 74.1 Å². The molecule has 0 aromatic heterocycles. The molecule has 3 aromatic carbocycles. The van der Waals surface area contributed by atoms with Gasteiger partial charge in [0.15, 0.2) is 11.5 Å². The average Bonchev–Trinajstić information content (AvgIpc) is 2.94. The second-order valence-corrected chi connectivity index (χ2v) is 9.58. The van der Waals surface area contributed by atoms with E-state index in [1.165, 1.54) is 16.7 Å². The molecule has 1 amide bonds. The summed E-state index contributed by atoms with van der Waals surface area (Å²) >= 11 is 0. The van der Waals surface area contributed by atoms with Crippen LogP contribution in [0.3, 0.4) is 0 Å². The number of carbonyl (C=O) groups excluding carboxylic acids is 1. The number of methoxy groups -OCH3 is 2. The molecular formula is C30H35N3O3. The van der Waals surface area contributed by atoms with Crippen molar-refractivity contribution in [1.29, 1.82) is 0 Å². The van der Waals surface area contributed by atoms with E-state index in [9.17, 15) is 4.79 Å². The standard InChI is InChI=1S/C30H35N3O3/c1-35-27-19-25-13-14-33(21-26(25)20-28(27)36-2)29(34)22-31-15-17-32(18-16-31)30(23-9-5-3-6-10-23)24-11-7-4-8-12-24/h3-12,19-20,30H,13-18,21-22H2,1-2H3. The van der Waals surface area contributed by atoms with Crippen LogP contribution in [0.25, 0.3) is 0 Å². The molecule has 0 spiro atoms. The second-order valence-electron chi connectivity index (χ2n) is 9.58. The van der Waals surface area contributed by atoms with E-state index in [0.29, 0.717) is 18.8 Å². The number of amides is 1. The normalized spacial score (nSPS) is 16.6. The molecule has 0 radical (unpaired) electrons. The van der Waals surface area contributed by atoms with Crippen molar-refractivity contribution in [3.8, 4) is 11.5 Å². The quantitative estimate of drug-likeness (QED) is 0.506. The molecule has 1 saturated heterocycles. The number of benzene rings is 3. The smallest absolute Gasteiger partial charge is 0.237 e. The highest BCUT2D eigenvalue weighted by Crippen LogP contribution is 2.33. The summed E-state index contributed by atoms with van der Waals surface area (Å²) in [6, 6.07) is 25.7. The number of hydrogen-bond donors (Lipinski definition) is 0. The van der Waals surface area contributed by atoms with Gasteiger partial charge in [-0.05, 0) is 40.8 Å². The highest BCUT2D eigenvalue weighted by atomic mass is 16.5. The Labute approximate surface area is 214 Å². The Balaban J connectivity index is 1.21. The van der Waals surface area contributed by atoms with E-state index >= 15 is 0 Å². The fraction of sp³-hybridized carbons (Fsp3) is 0.367. The van der Waals surface area contributed by atoms with Crippen LogP contribution in [0, 0.1) is 0 Å². The Bertz CT molecular complexity index is 1120. The SMILES string of the molecule is COc1cc2c(cc1OC)CN(C(=O)CN1CCN(C(c3ccccc3)c3ccccc3)CC1)CC2. The third kappa shape index (κ3) is 5.25. The minimum Gasteiger partial charge on any atom is -0.493 e. The minimum absolute atomic E-state index is 0.201. The van der Waals surface area contributed by atoms with Gasteiger partial charge < -0.3 is 14.4 Å². The number of rotatable bonds is 7. The van der Waals surface area contributed by atoms with Gasteiger partial charge in [0.05, 0.1) is 26.8 Å². The number of carbonyl (C=O) groups is 1. The molecule has 0 saturated carbocycles. The van der Waals surface area contributed by atoms with Gasteiger partial charge in [0.25, 0.3) is 0 Å². The van der Waals surface area contributed by atoms with Crippen molar-refractivity contribution in [2.24, 2.45) is 0 Å². The molecule has 5 rings (SSSR count). The van der Waals surface area contributed by atoms with Crippen molar-refractivity contribution in [1.82, 2.24) is 14.7 Å². The summed E-state index contributed by atoms with van der Waals surface area (Å²) in [6.45, 7) is 5.47. The van der Waals surface area contributed by atoms with Crippen molar-refractivity contribution in [2.45, 2.75) is 19.0 Å². The summed E-state index contributed by atoms with van der Waals surface area (Å²) in [4.78, 5) is 20.1. The van der Waals surface area contributed by atoms with Crippen LogP contribution >= 0.6 is 0 Å². The lowest BCUT2D eigenvalue weighted by Crippen LogP contribution is -2.51. The molecule has 3 aromatic rings. The van der Waals surface area contributed by atoms with Gasteiger partial charge in [-0.3, -0.25) is 14.6 Å². The highest BCUT2D eigenvalue weighted by molar-refractivity contribution is 5.78. The molecule has 0 bridgehead atoms. The molecule has 2 aliphatic heterocycles. The van der Waals surface area contributed by atoms with E-state index in [2.05, 4.69) is 70.5 Å². The largest absolute Gasteiger partial charge is 0.493 e. The summed E-state index contributed by atoms with van der Waals surface area (Å²) in [5, 5.41) is 0. The van der Waals surface area contributed by atoms with E-state index in [4.69, 9.17) is 9.47 Å². The molecule has 0 aliphatic carbocycles. The van der Waals surface area contributed by atoms with Crippen molar-refractivity contribution < 1.29 is 14.3 Å². The van der Waals surface area contributed by atoms with Gasteiger partial charge >= 0.3 is 0 Å². The van der Waals surface area contributed by atoms with Crippen molar-refractivity contribution in [3.05, 3.63) is 95.1 Å². The van der Waals surface area contributed by atoms with Crippen LogP contribution in [0.15, 0.2) is 72.8 Å². The molecule has 2 aliphatic rings. The zero-order chi connectivity index (χ0) is 24.9. The highest BCUT2D eigenvalue weighted by Gasteiger charge is 2.29. The van der Waals surface area contributed by atoms with E-state index in [1.807, 2.05) is 17.0 Å². The van der Waals surface area contributed by atoms with E-state index in [0.717, 1.165) is 50.5 Å². The third-order valence-electron chi connectivity index (χ3n) is 7.43. The number of ether oxygens (including phenoxy) is 2. The first kappa shape index (κ1) is 24.3. The first-order valence-corrected chi connectivity index (χ1v) is 12.7. The van der Waals surface area contributed by atoms with Gasteiger partial charge in [0.1, 0.15) is 0 Å². The summed E-state index contributed by atoms with van der Waals surface area (Å²) in [5.74, 6) is 1.66. The lowest BCUT2D eigenvalue weighted by molar-refractivity contribution is -0.133. The third-order valence-corrected chi connectivity index (χ3v) is 7.43. The fourth-order valence-corrected chi connectivity index (χ4v) is 5.45. The number of piperazine rings is 1. The lowest BCUT2D eigenvalue weighted by atomic mass is 9.96. The zero-order valence-corrected chi connectivity index (χ0v) is 21.2. The molecule has 2 heterocycles. The molecule has 188 valence electrons. The summed E-state index contributed by atoms with van der Waals surface area (Å²) < 4.78 is 10.9. The van der Waals surface area contributed by atoms with Crippen molar-refractivity contribution >= 4 is 5.91 Å². The topological polar surface area (TPSA) is 45.3 Å². The van der Waals surface area contributed by atoms with Crippen LogP contribution < -0.4 is 9.47 Å². The minimum atomic E-state index is 0.201. The monoisotopic (exact) mass is 485 g/mol. The maximum atomic E-state index is 13.2. The molecule has 0 unspecified atom stereocenters. The van der Waals surface area contributed by atoms with Gasteiger partial charge in [0.2, 0.25) is 5.91 Å². The van der Waals surface area contributed by atoms with Crippen LogP contribution in [-0.2, 0) is 17.8 Å². The first-order chi connectivity index (χ1) is 17.7. The van der Waals surface area contributed by atoms with Gasteiger partial charge in [-0.15, -0.1) is 0 Å². The fourth-order valence-electron chi connectivity index (χ4n) is 5.45. The zero-order valence-electron chi connectivity index (χ0n) is 21.2. The van der Waals surface area contributed by atoms with E-state index < -0.39 is 0 Å². The predicted octanol–water partition coefficient (Wildman–Crippen LogP) is 4.00. The predicted molar refractivity (Wildman–Crippen MR) is 141 cm³/mol. The number of hydrogen-bond acceptors (Lipinski definition) is 5. The van der Waals surface area contributed by atoms with E-state index in [-0.39, 0.29) is 11.9 Å². The maximum absolute atomic E-state index is 13.2. The first-order valence-electron chi connectivity index (χ1n) is 12.7. The number of nitrogens with zero attached hydrogens (tertiary/aromatic N) is 3. The lowest BCUT2D eigenvalue weighted by Gasteiger charge is -2.40. The Morgan fingerprint density at radius 2 is 1.33 bits per heavy atom. The molecule has 0 atom stereocenters. The molecule has 1 fully saturated rings. The van der Waals surface area contributed by atoms with Gasteiger partial charge in [0, 0.05) is 39.3 Å². The second kappa shape index (κ2) is 11.1. The van der Waals surface area contributed by atoms with Gasteiger partial charge in [-0.25, -0.2) is 0 Å². The Hall–Kier alpha value is -3.35. The maximum Gasteiger partial charge on any atom is 0.237 e. The molecular weight excluding hydrogens is 450 g/mol. The summed E-state index contributed by atoms with van der Waals surface area (Å²) in [6.07, 6.45) is 0.838. The Kier molecular flexibility index (Phi) is 7.54. The van der Waals surface area contributed by atoms with E-state index in [1.54, 1.807) is 14.2 Å². The average molecular weight is 486 g/mol. The molecule has 6 heteroatoms. The summed E-state index contributed by atoms with van der Waals surface area (Å²) in [7, 11) is 3.31. The van der Waals surface area contributed by atoms with Crippen LogP contribution in [0.4, 0.5) is 0 Å². The van der Waals surface area contributed by atoms with Crippen LogP contribution in [0.5, 0.6) is 11.5 Å². The Morgan fingerprint density at radius 3 is 1.89 bits per heavy atom. The molecule has 36 heavy (non-hydrogen) atoms. The number of fused-ring (bicyclic) bond motifs is 1. The van der Waals surface area contributed by atoms with Crippen LogP contribution in [0.2, 0.25) is 0 Å². The summed E-state index contributed by atoms with van der Waals surface area (Å²) in [5.41, 5.74) is 5.00. The molecule has 6 nitrogen and oxygen atoms in total. The van der Waals surface area contributed by atoms with Crippen LogP contribution in [0.1, 0.15) is 28.3 Å². The van der Waals surface area contributed by atoms with Crippen molar-refractivity contribution in [2.75, 3.05) is 53.5 Å². The Morgan fingerprint density at radius 1 is 0.778 bits per heavy atom. The van der Waals surface area contributed by atoms with Gasteiger partial charge in [-0.2, -0.15) is 0 Å².